The standard InChI is InChI=1S/C40H76N2O2/c1-4-7-9-11-13-15-17-19-21-23-25-27-29-31-33-35-38(43)40(42,37(41)6-3)39(44)36-34-32-30-28-26-24-22-20-18-16-14-12-10-8-5-2/h19-22,37H,4-18,23-36,41-42H2,1-3H3/b21-19-,22-20-. The summed E-state index contributed by atoms with van der Waals surface area (Å²) in [7, 11) is 0. The summed E-state index contributed by atoms with van der Waals surface area (Å²) in [5.74, 6) is -0.301. The Hall–Kier alpha value is -1.26. The molecule has 0 spiro atoms. The van der Waals surface area contributed by atoms with Crippen LogP contribution in [0.5, 0.6) is 0 Å². The van der Waals surface area contributed by atoms with Crippen LogP contribution in [0.25, 0.3) is 0 Å². The molecular weight excluding hydrogens is 540 g/mol. The fraction of sp³-hybridized carbons (Fsp3) is 0.850. The lowest BCUT2D eigenvalue weighted by atomic mass is 9.78. The molecule has 1 atom stereocenters. The Kier molecular flexibility index (Phi) is 30.8. The van der Waals surface area contributed by atoms with E-state index in [9.17, 15) is 9.59 Å². The summed E-state index contributed by atoms with van der Waals surface area (Å²) < 4.78 is 0. The zero-order chi connectivity index (χ0) is 32.6. The van der Waals surface area contributed by atoms with Gasteiger partial charge in [-0.25, -0.2) is 0 Å². The molecule has 0 saturated heterocycles. The van der Waals surface area contributed by atoms with Gasteiger partial charge in [0.05, 0.1) is 0 Å². The summed E-state index contributed by atoms with van der Waals surface area (Å²) in [5, 5.41) is 0. The Morgan fingerprint density at radius 1 is 0.477 bits per heavy atom. The Morgan fingerprint density at radius 3 is 1.05 bits per heavy atom. The summed E-state index contributed by atoms with van der Waals surface area (Å²) in [6.07, 6.45) is 42.3. The minimum absolute atomic E-state index is 0.151. The molecule has 4 nitrogen and oxygen atoms in total. The predicted octanol–water partition coefficient (Wildman–Crippen LogP) is 11.6. The molecule has 0 aromatic heterocycles. The van der Waals surface area contributed by atoms with Crippen molar-refractivity contribution in [2.24, 2.45) is 11.5 Å². The van der Waals surface area contributed by atoms with Crippen LogP contribution in [0.4, 0.5) is 0 Å². The van der Waals surface area contributed by atoms with E-state index in [1.54, 1.807) is 0 Å². The van der Waals surface area contributed by atoms with Crippen LogP contribution < -0.4 is 11.5 Å². The van der Waals surface area contributed by atoms with E-state index in [1.807, 2.05) is 6.92 Å². The lowest BCUT2D eigenvalue weighted by Crippen LogP contribution is -2.65. The molecule has 4 heteroatoms. The first kappa shape index (κ1) is 42.7. The summed E-state index contributed by atoms with van der Waals surface area (Å²) >= 11 is 0. The fourth-order valence-electron chi connectivity index (χ4n) is 6.02. The molecule has 4 N–H and O–H groups in total. The van der Waals surface area contributed by atoms with Crippen LogP contribution in [-0.2, 0) is 9.59 Å². The first-order valence-electron chi connectivity index (χ1n) is 19.4. The highest BCUT2D eigenvalue weighted by Crippen LogP contribution is 2.21. The van der Waals surface area contributed by atoms with Crippen molar-refractivity contribution in [2.75, 3.05) is 0 Å². The summed E-state index contributed by atoms with van der Waals surface area (Å²) in [4.78, 5) is 26.3. The molecule has 258 valence electrons. The Balaban J connectivity index is 4.02. The quantitative estimate of drug-likeness (QED) is 0.0428. The lowest BCUT2D eigenvalue weighted by Gasteiger charge is -2.32. The van der Waals surface area contributed by atoms with Crippen LogP contribution in [0.15, 0.2) is 24.3 Å². The maximum Gasteiger partial charge on any atom is 0.161 e. The van der Waals surface area contributed by atoms with E-state index in [-0.39, 0.29) is 11.6 Å². The summed E-state index contributed by atoms with van der Waals surface area (Å²) in [5.41, 5.74) is 11.3. The van der Waals surface area contributed by atoms with Gasteiger partial charge in [0.1, 0.15) is 5.54 Å². The maximum absolute atomic E-state index is 13.2. The second-order valence-electron chi connectivity index (χ2n) is 13.4. The molecule has 0 aromatic carbocycles. The maximum atomic E-state index is 13.2. The normalized spacial score (nSPS) is 12.9. The topological polar surface area (TPSA) is 86.2 Å². The van der Waals surface area contributed by atoms with Crippen molar-refractivity contribution in [1.82, 2.24) is 0 Å². The monoisotopic (exact) mass is 617 g/mol. The van der Waals surface area contributed by atoms with E-state index in [2.05, 4.69) is 38.2 Å². The van der Waals surface area contributed by atoms with E-state index in [4.69, 9.17) is 11.5 Å². The lowest BCUT2D eigenvalue weighted by molar-refractivity contribution is -0.136. The number of rotatable bonds is 34. The third-order valence-corrected chi connectivity index (χ3v) is 9.28. The van der Waals surface area contributed by atoms with Gasteiger partial charge in [-0.2, -0.15) is 0 Å². The number of hydrogen-bond acceptors (Lipinski definition) is 4. The summed E-state index contributed by atoms with van der Waals surface area (Å²) in [6, 6.07) is -0.603. The highest BCUT2D eigenvalue weighted by molar-refractivity contribution is 6.12. The largest absolute Gasteiger partial charge is 0.325 e. The number of nitrogens with two attached hydrogens (primary N) is 2. The van der Waals surface area contributed by atoms with Gasteiger partial charge >= 0.3 is 0 Å². The SMILES string of the molecule is CCCCCCCC/C=C\CCCCCCCC(=O)C(N)(C(=O)CCCCCCC/C=C\CCCCCCCC)C(N)CC. The first-order valence-corrected chi connectivity index (χ1v) is 19.4. The minimum Gasteiger partial charge on any atom is -0.325 e. The van der Waals surface area contributed by atoms with E-state index < -0.39 is 11.6 Å². The third kappa shape index (κ3) is 23.1. The van der Waals surface area contributed by atoms with Crippen LogP contribution >= 0.6 is 0 Å². The third-order valence-electron chi connectivity index (χ3n) is 9.28. The molecule has 0 aliphatic heterocycles. The fourth-order valence-corrected chi connectivity index (χ4v) is 6.02. The van der Waals surface area contributed by atoms with Gasteiger partial charge in [-0.15, -0.1) is 0 Å². The van der Waals surface area contributed by atoms with Crippen molar-refractivity contribution >= 4 is 11.6 Å². The first-order chi connectivity index (χ1) is 21.4. The van der Waals surface area contributed by atoms with Crippen LogP contribution in [0.1, 0.15) is 207 Å². The molecular formula is C40H76N2O2. The number of carbonyl (C=O) groups is 2. The van der Waals surface area contributed by atoms with Gasteiger partial charge in [0.25, 0.3) is 0 Å². The number of ketones is 2. The highest BCUT2D eigenvalue weighted by atomic mass is 16.2. The molecule has 0 saturated carbocycles. The zero-order valence-corrected chi connectivity index (χ0v) is 29.9. The van der Waals surface area contributed by atoms with Crippen molar-refractivity contribution in [3.05, 3.63) is 24.3 Å². The zero-order valence-electron chi connectivity index (χ0n) is 29.9. The van der Waals surface area contributed by atoms with Gasteiger partial charge in [-0.1, -0.05) is 148 Å². The van der Waals surface area contributed by atoms with Crippen molar-refractivity contribution in [2.45, 2.75) is 219 Å². The second-order valence-corrected chi connectivity index (χ2v) is 13.4. The average Bonchev–Trinajstić information content (AvgIpc) is 3.03. The molecule has 0 radical (unpaired) electrons. The van der Waals surface area contributed by atoms with Gasteiger partial charge in [0, 0.05) is 18.9 Å². The molecule has 0 amide bonds. The molecule has 0 rings (SSSR count). The van der Waals surface area contributed by atoms with E-state index in [0.29, 0.717) is 19.3 Å². The van der Waals surface area contributed by atoms with Crippen molar-refractivity contribution in [1.29, 1.82) is 0 Å². The van der Waals surface area contributed by atoms with Crippen LogP contribution in [0, 0.1) is 0 Å². The Bertz CT molecular complexity index is 662. The molecule has 0 aromatic rings. The van der Waals surface area contributed by atoms with Gasteiger partial charge in [0.2, 0.25) is 0 Å². The number of allylic oxidation sites excluding steroid dienone is 4. The minimum atomic E-state index is -1.52. The molecule has 0 fully saturated rings. The van der Waals surface area contributed by atoms with Gasteiger partial charge in [0.15, 0.2) is 11.6 Å². The molecule has 1 unspecified atom stereocenters. The predicted molar refractivity (Wildman–Crippen MR) is 194 cm³/mol. The Morgan fingerprint density at radius 2 is 0.750 bits per heavy atom. The van der Waals surface area contributed by atoms with Gasteiger partial charge in [-0.05, 0) is 70.6 Å². The molecule has 0 bridgehead atoms. The Labute approximate surface area is 275 Å². The number of hydrogen-bond donors (Lipinski definition) is 2. The molecule has 0 heterocycles. The molecule has 44 heavy (non-hydrogen) atoms. The van der Waals surface area contributed by atoms with Crippen molar-refractivity contribution in [3.63, 3.8) is 0 Å². The second kappa shape index (κ2) is 31.7. The molecule has 0 aliphatic carbocycles. The molecule has 0 aliphatic rings. The smallest absolute Gasteiger partial charge is 0.161 e. The van der Waals surface area contributed by atoms with Crippen LogP contribution in [0.2, 0.25) is 0 Å². The van der Waals surface area contributed by atoms with E-state index >= 15 is 0 Å². The number of Topliss-reactive ketones (excluding diaryl/α,β-unsaturated/α-hetero) is 2. The van der Waals surface area contributed by atoms with Crippen molar-refractivity contribution in [3.8, 4) is 0 Å². The van der Waals surface area contributed by atoms with Gasteiger partial charge in [-0.3, -0.25) is 9.59 Å². The number of carbonyl (C=O) groups excluding carboxylic acids is 2. The van der Waals surface area contributed by atoms with E-state index in [0.717, 1.165) is 51.4 Å². The number of unbranched alkanes of at least 4 members (excludes halogenated alkanes) is 22. The van der Waals surface area contributed by atoms with E-state index in [1.165, 1.54) is 116 Å². The van der Waals surface area contributed by atoms with Gasteiger partial charge < -0.3 is 11.5 Å². The average molecular weight is 617 g/mol. The summed E-state index contributed by atoms with van der Waals surface area (Å²) in [6.45, 7) is 6.44. The van der Waals surface area contributed by atoms with Crippen LogP contribution in [0.3, 0.4) is 0 Å². The van der Waals surface area contributed by atoms with Crippen molar-refractivity contribution < 1.29 is 9.59 Å². The highest BCUT2D eigenvalue weighted by Gasteiger charge is 2.44. The van der Waals surface area contributed by atoms with Crippen LogP contribution in [-0.4, -0.2) is 23.1 Å².